The monoisotopic (exact) mass is 174 g/mol. The molecule has 4 heteroatoms. The Morgan fingerprint density at radius 3 is 2.50 bits per heavy atom. The molecule has 0 atom stereocenters. The van der Waals surface area contributed by atoms with Gasteiger partial charge in [-0.3, -0.25) is 4.79 Å². The van der Waals surface area contributed by atoms with Gasteiger partial charge in [-0.05, 0) is 20.9 Å². The van der Waals surface area contributed by atoms with Crippen molar-refractivity contribution in [1.82, 2.24) is 10.6 Å². The normalized spacial score (nSPS) is 11.3. The van der Waals surface area contributed by atoms with Crippen molar-refractivity contribution in [3.05, 3.63) is 0 Å². The first kappa shape index (κ1) is 11.4. The number of hydrogen-bond acceptors (Lipinski definition) is 3. The van der Waals surface area contributed by atoms with Gasteiger partial charge in [-0.25, -0.2) is 0 Å². The molecule has 0 fully saturated rings. The summed E-state index contributed by atoms with van der Waals surface area (Å²) in [6.07, 6.45) is 0. The summed E-state index contributed by atoms with van der Waals surface area (Å²) in [7, 11) is 3.37. The molecule has 0 bridgehead atoms. The SMILES string of the molecule is CNCNC(=O)C(C)(C)COC. The molecule has 0 rings (SSSR count). The molecule has 0 saturated carbocycles. The Bertz CT molecular complexity index is 146. The second kappa shape index (κ2) is 5.11. The van der Waals surface area contributed by atoms with Crippen LogP contribution in [0.3, 0.4) is 0 Å². The van der Waals surface area contributed by atoms with E-state index >= 15 is 0 Å². The Balaban J connectivity index is 3.88. The molecule has 72 valence electrons. The van der Waals surface area contributed by atoms with Gasteiger partial charge in [0.2, 0.25) is 5.91 Å². The van der Waals surface area contributed by atoms with Crippen molar-refractivity contribution in [1.29, 1.82) is 0 Å². The predicted molar refractivity (Wildman–Crippen MR) is 47.7 cm³/mol. The molecular weight excluding hydrogens is 156 g/mol. The van der Waals surface area contributed by atoms with Crippen LogP contribution >= 0.6 is 0 Å². The van der Waals surface area contributed by atoms with Gasteiger partial charge in [0.05, 0.1) is 18.7 Å². The molecule has 0 aliphatic heterocycles. The van der Waals surface area contributed by atoms with Crippen LogP contribution in [0.25, 0.3) is 0 Å². The highest BCUT2D eigenvalue weighted by atomic mass is 16.5. The summed E-state index contributed by atoms with van der Waals surface area (Å²) in [5.41, 5.74) is -0.453. The van der Waals surface area contributed by atoms with E-state index in [-0.39, 0.29) is 5.91 Å². The average Bonchev–Trinajstić information content (AvgIpc) is 2.00. The minimum absolute atomic E-state index is 0.00120. The number of carbonyl (C=O) groups is 1. The summed E-state index contributed by atoms with van der Waals surface area (Å²) < 4.78 is 4.93. The summed E-state index contributed by atoms with van der Waals surface area (Å²) >= 11 is 0. The first-order chi connectivity index (χ1) is 5.54. The summed E-state index contributed by atoms with van der Waals surface area (Å²) in [5, 5.41) is 5.57. The van der Waals surface area contributed by atoms with E-state index in [0.717, 1.165) is 0 Å². The Morgan fingerprint density at radius 1 is 1.50 bits per heavy atom. The molecule has 0 unspecified atom stereocenters. The number of methoxy groups -OCH3 is 1. The lowest BCUT2D eigenvalue weighted by Crippen LogP contribution is -2.42. The highest BCUT2D eigenvalue weighted by Gasteiger charge is 2.26. The van der Waals surface area contributed by atoms with Gasteiger partial charge in [-0.15, -0.1) is 0 Å². The van der Waals surface area contributed by atoms with Gasteiger partial charge in [0.15, 0.2) is 0 Å². The first-order valence-electron chi connectivity index (χ1n) is 3.96. The molecule has 0 spiro atoms. The Kier molecular flexibility index (Phi) is 4.85. The molecule has 2 N–H and O–H groups in total. The van der Waals surface area contributed by atoms with Gasteiger partial charge >= 0.3 is 0 Å². The third-order valence-corrected chi connectivity index (χ3v) is 1.55. The smallest absolute Gasteiger partial charge is 0.228 e. The molecule has 4 nitrogen and oxygen atoms in total. The van der Waals surface area contributed by atoms with Crippen molar-refractivity contribution in [3.8, 4) is 0 Å². The van der Waals surface area contributed by atoms with Crippen molar-refractivity contribution < 1.29 is 9.53 Å². The topological polar surface area (TPSA) is 50.4 Å². The number of carbonyl (C=O) groups excluding carboxylic acids is 1. The summed E-state index contributed by atoms with van der Waals surface area (Å²) in [5.74, 6) is -0.00120. The number of nitrogens with one attached hydrogen (secondary N) is 2. The Labute approximate surface area is 73.7 Å². The molecule has 0 radical (unpaired) electrons. The highest BCUT2D eigenvalue weighted by molar-refractivity contribution is 5.81. The minimum atomic E-state index is -0.453. The maximum absolute atomic E-state index is 11.4. The van der Waals surface area contributed by atoms with E-state index in [0.29, 0.717) is 13.3 Å². The molecular formula is C8H18N2O2. The molecule has 1 amide bonds. The van der Waals surface area contributed by atoms with Gasteiger partial charge in [0, 0.05) is 7.11 Å². The lowest BCUT2D eigenvalue weighted by Gasteiger charge is -2.22. The van der Waals surface area contributed by atoms with E-state index in [1.165, 1.54) is 0 Å². The van der Waals surface area contributed by atoms with E-state index in [2.05, 4.69) is 10.6 Å². The standard InChI is InChI=1S/C8H18N2O2/c1-8(2,5-12-4)7(11)10-6-9-3/h9H,5-6H2,1-4H3,(H,10,11). The van der Waals surface area contributed by atoms with E-state index in [1.807, 2.05) is 13.8 Å². The summed E-state index contributed by atoms with van der Waals surface area (Å²) in [6.45, 7) is 4.62. The van der Waals surface area contributed by atoms with Gasteiger partial charge < -0.3 is 15.4 Å². The maximum Gasteiger partial charge on any atom is 0.228 e. The van der Waals surface area contributed by atoms with Gasteiger partial charge in [-0.1, -0.05) is 0 Å². The number of amides is 1. The third-order valence-electron chi connectivity index (χ3n) is 1.55. The fraction of sp³-hybridized carbons (Fsp3) is 0.875. The maximum atomic E-state index is 11.4. The number of ether oxygens (including phenoxy) is 1. The van der Waals surface area contributed by atoms with E-state index in [9.17, 15) is 4.79 Å². The second-order valence-electron chi connectivity index (χ2n) is 3.35. The Morgan fingerprint density at radius 2 is 2.08 bits per heavy atom. The van der Waals surface area contributed by atoms with Gasteiger partial charge in [-0.2, -0.15) is 0 Å². The molecule has 0 saturated heterocycles. The molecule has 0 aliphatic rings. The molecule has 0 aromatic rings. The molecule has 0 heterocycles. The largest absolute Gasteiger partial charge is 0.384 e. The highest BCUT2D eigenvalue weighted by Crippen LogP contribution is 2.14. The van der Waals surface area contributed by atoms with Crippen LogP contribution in [0.1, 0.15) is 13.8 Å². The van der Waals surface area contributed by atoms with Crippen LogP contribution in [0.5, 0.6) is 0 Å². The van der Waals surface area contributed by atoms with Crippen molar-refractivity contribution in [2.24, 2.45) is 5.41 Å². The van der Waals surface area contributed by atoms with Crippen LogP contribution < -0.4 is 10.6 Å². The van der Waals surface area contributed by atoms with Crippen LogP contribution in [0, 0.1) is 5.41 Å². The van der Waals surface area contributed by atoms with Gasteiger partial charge in [0.25, 0.3) is 0 Å². The van der Waals surface area contributed by atoms with Crippen molar-refractivity contribution in [3.63, 3.8) is 0 Å². The second-order valence-corrected chi connectivity index (χ2v) is 3.35. The first-order valence-corrected chi connectivity index (χ1v) is 3.96. The molecule has 12 heavy (non-hydrogen) atoms. The summed E-state index contributed by atoms with van der Waals surface area (Å²) in [6, 6.07) is 0. The predicted octanol–water partition coefficient (Wildman–Crippen LogP) is -0.0479. The van der Waals surface area contributed by atoms with Gasteiger partial charge in [0.1, 0.15) is 0 Å². The Hall–Kier alpha value is -0.610. The average molecular weight is 174 g/mol. The molecule has 0 aliphatic carbocycles. The minimum Gasteiger partial charge on any atom is -0.384 e. The molecule has 0 aromatic heterocycles. The zero-order valence-electron chi connectivity index (χ0n) is 8.23. The van der Waals surface area contributed by atoms with E-state index in [4.69, 9.17) is 4.74 Å². The fourth-order valence-corrected chi connectivity index (χ4v) is 0.834. The van der Waals surface area contributed by atoms with Crippen LogP contribution in [-0.4, -0.2) is 33.3 Å². The quantitative estimate of drug-likeness (QED) is 0.575. The van der Waals surface area contributed by atoms with Crippen LogP contribution in [-0.2, 0) is 9.53 Å². The lowest BCUT2D eigenvalue weighted by molar-refractivity contribution is -0.132. The molecule has 0 aromatic carbocycles. The van der Waals surface area contributed by atoms with Crippen LogP contribution in [0.4, 0.5) is 0 Å². The zero-order chi connectivity index (χ0) is 9.61. The number of hydrogen-bond donors (Lipinski definition) is 2. The van der Waals surface area contributed by atoms with Crippen molar-refractivity contribution in [2.45, 2.75) is 13.8 Å². The van der Waals surface area contributed by atoms with Crippen LogP contribution in [0.2, 0.25) is 0 Å². The van der Waals surface area contributed by atoms with Crippen molar-refractivity contribution in [2.75, 3.05) is 27.4 Å². The summed E-state index contributed by atoms with van der Waals surface area (Å²) in [4.78, 5) is 11.4. The lowest BCUT2D eigenvalue weighted by atomic mass is 9.94. The van der Waals surface area contributed by atoms with Crippen LogP contribution in [0.15, 0.2) is 0 Å². The third kappa shape index (κ3) is 3.69. The van der Waals surface area contributed by atoms with E-state index in [1.54, 1.807) is 14.2 Å². The number of rotatable bonds is 5. The van der Waals surface area contributed by atoms with Crippen molar-refractivity contribution >= 4 is 5.91 Å². The zero-order valence-corrected chi connectivity index (χ0v) is 8.23. The van der Waals surface area contributed by atoms with E-state index < -0.39 is 5.41 Å². The fourth-order valence-electron chi connectivity index (χ4n) is 0.834.